The normalized spacial score (nSPS) is 35.1. The predicted octanol–water partition coefficient (Wildman–Crippen LogP) is 3.58. The summed E-state index contributed by atoms with van der Waals surface area (Å²) in [5, 5.41) is 0. The molecule has 84 valence electrons. The van der Waals surface area contributed by atoms with Gasteiger partial charge < -0.3 is 5.73 Å². The molecule has 0 saturated heterocycles. The molecule has 0 heterocycles. The van der Waals surface area contributed by atoms with Crippen molar-refractivity contribution in [1.29, 1.82) is 0 Å². The Bertz CT molecular complexity index is 176. The largest absolute Gasteiger partial charge is 0.327 e. The first-order chi connectivity index (χ1) is 6.52. The van der Waals surface area contributed by atoms with Gasteiger partial charge in [-0.1, -0.05) is 40.5 Å². The number of hydrogen-bond acceptors (Lipinski definition) is 1. The topological polar surface area (TPSA) is 26.0 Å². The Kier molecular flexibility index (Phi) is 4.00. The van der Waals surface area contributed by atoms with E-state index in [2.05, 4.69) is 27.7 Å². The van der Waals surface area contributed by atoms with Gasteiger partial charge in [-0.05, 0) is 36.5 Å². The van der Waals surface area contributed by atoms with Gasteiger partial charge in [0.15, 0.2) is 0 Å². The highest BCUT2D eigenvalue weighted by atomic mass is 14.7. The fraction of sp³-hybridized carbons (Fsp3) is 1.00. The van der Waals surface area contributed by atoms with Gasteiger partial charge in [-0.15, -0.1) is 0 Å². The van der Waals surface area contributed by atoms with E-state index >= 15 is 0 Å². The summed E-state index contributed by atoms with van der Waals surface area (Å²) in [5.41, 5.74) is 6.70. The van der Waals surface area contributed by atoms with Gasteiger partial charge in [0, 0.05) is 6.04 Å². The van der Waals surface area contributed by atoms with Gasteiger partial charge in [0.05, 0.1) is 0 Å². The van der Waals surface area contributed by atoms with E-state index in [1.54, 1.807) is 0 Å². The molecule has 2 N–H and O–H groups in total. The Morgan fingerprint density at radius 2 is 2.07 bits per heavy atom. The van der Waals surface area contributed by atoms with Crippen LogP contribution in [0, 0.1) is 17.3 Å². The second-order valence-electron chi connectivity index (χ2n) is 5.64. The lowest BCUT2D eigenvalue weighted by Crippen LogP contribution is -2.42. The highest BCUT2D eigenvalue weighted by Crippen LogP contribution is 2.47. The third-order valence-electron chi connectivity index (χ3n) is 4.33. The highest BCUT2D eigenvalue weighted by molar-refractivity contribution is 4.96. The van der Waals surface area contributed by atoms with Crippen LogP contribution in [0.5, 0.6) is 0 Å². The van der Waals surface area contributed by atoms with E-state index in [4.69, 9.17) is 5.73 Å². The van der Waals surface area contributed by atoms with Gasteiger partial charge >= 0.3 is 0 Å². The number of rotatable bonds is 4. The first-order valence-electron chi connectivity index (χ1n) is 6.28. The van der Waals surface area contributed by atoms with Gasteiger partial charge in [0.1, 0.15) is 0 Å². The monoisotopic (exact) mass is 197 g/mol. The molecule has 14 heavy (non-hydrogen) atoms. The van der Waals surface area contributed by atoms with Crippen molar-refractivity contribution >= 4 is 0 Å². The summed E-state index contributed by atoms with van der Waals surface area (Å²) in [6.07, 6.45) is 6.57. The predicted molar refractivity (Wildman–Crippen MR) is 63.2 cm³/mol. The van der Waals surface area contributed by atoms with Crippen LogP contribution in [-0.4, -0.2) is 6.04 Å². The van der Waals surface area contributed by atoms with E-state index in [0.717, 1.165) is 11.8 Å². The molecule has 0 aliphatic heterocycles. The van der Waals surface area contributed by atoms with Crippen LogP contribution in [0.1, 0.15) is 59.8 Å². The summed E-state index contributed by atoms with van der Waals surface area (Å²) < 4.78 is 0. The SMILES string of the molecule is CCCC(C(C)C)[C@]1(C)CCCC1N. The molecule has 1 aliphatic rings. The second-order valence-corrected chi connectivity index (χ2v) is 5.64. The summed E-state index contributed by atoms with van der Waals surface area (Å²) in [6, 6.07) is 0.446. The Hall–Kier alpha value is -0.0400. The molecule has 0 aromatic rings. The zero-order valence-corrected chi connectivity index (χ0v) is 10.3. The zero-order chi connectivity index (χ0) is 10.8. The molecule has 1 fully saturated rings. The lowest BCUT2D eigenvalue weighted by molar-refractivity contribution is 0.111. The minimum atomic E-state index is 0.421. The lowest BCUT2D eigenvalue weighted by Gasteiger charge is -2.40. The minimum Gasteiger partial charge on any atom is -0.327 e. The Labute approximate surface area is 89.5 Å². The molecule has 1 aliphatic carbocycles. The Morgan fingerprint density at radius 3 is 2.43 bits per heavy atom. The van der Waals surface area contributed by atoms with Crippen molar-refractivity contribution in [2.24, 2.45) is 23.0 Å². The van der Waals surface area contributed by atoms with Crippen LogP contribution in [0.2, 0.25) is 0 Å². The quantitative estimate of drug-likeness (QED) is 0.732. The molecule has 2 unspecified atom stereocenters. The molecule has 1 saturated carbocycles. The average Bonchev–Trinajstić information content (AvgIpc) is 2.43. The van der Waals surface area contributed by atoms with Gasteiger partial charge in [0.2, 0.25) is 0 Å². The third kappa shape index (κ3) is 2.13. The van der Waals surface area contributed by atoms with E-state index in [1.165, 1.54) is 32.1 Å². The third-order valence-corrected chi connectivity index (χ3v) is 4.33. The van der Waals surface area contributed by atoms with Crippen molar-refractivity contribution in [2.45, 2.75) is 65.8 Å². The number of nitrogens with two attached hydrogens (primary N) is 1. The maximum Gasteiger partial charge on any atom is 0.00956 e. The molecule has 0 aromatic heterocycles. The van der Waals surface area contributed by atoms with E-state index < -0.39 is 0 Å². The van der Waals surface area contributed by atoms with E-state index in [1.807, 2.05) is 0 Å². The average molecular weight is 197 g/mol. The molecule has 0 bridgehead atoms. The van der Waals surface area contributed by atoms with Crippen LogP contribution in [0.25, 0.3) is 0 Å². The molecular weight excluding hydrogens is 170 g/mol. The first kappa shape index (κ1) is 12.0. The van der Waals surface area contributed by atoms with E-state index in [9.17, 15) is 0 Å². The lowest BCUT2D eigenvalue weighted by atomic mass is 9.66. The summed E-state index contributed by atoms with van der Waals surface area (Å²) >= 11 is 0. The van der Waals surface area contributed by atoms with Crippen molar-refractivity contribution in [3.8, 4) is 0 Å². The fourth-order valence-corrected chi connectivity index (χ4v) is 3.41. The molecule has 3 atom stereocenters. The Morgan fingerprint density at radius 1 is 1.43 bits per heavy atom. The highest BCUT2D eigenvalue weighted by Gasteiger charge is 2.43. The molecular formula is C13H27N. The van der Waals surface area contributed by atoms with Crippen LogP contribution in [0.4, 0.5) is 0 Å². The molecule has 0 radical (unpaired) electrons. The smallest absolute Gasteiger partial charge is 0.00956 e. The second kappa shape index (κ2) is 4.65. The van der Waals surface area contributed by atoms with E-state index in [0.29, 0.717) is 11.5 Å². The molecule has 1 nitrogen and oxygen atoms in total. The van der Waals surface area contributed by atoms with Crippen molar-refractivity contribution in [3.63, 3.8) is 0 Å². The molecule has 1 heteroatoms. The fourth-order valence-electron chi connectivity index (χ4n) is 3.41. The molecule has 0 aromatic carbocycles. The van der Waals surface area contributed by atoms with Gasteiger partial charge in [-0.3, -0.25) is 0 Å². The molecule has 1 rings (SSSR count). The van der Waals surface area contributed by atoms with Gasteiger partial charge in [0.25, 0.3) is 0 Å². The summed E-state index contributed by atoms with van der Waals surface area (Å²) in [4.78, 5) is 0. The first-order valence-corrected chi connectivity index (χ1v) is 6.28. The maximum atomic E-state index is 6.28. The van der Waals surface area contributed by atoms with Crippen LogP contribution in [0.3, 0.4) is 0 Å². The Balaban J connectivity index is 2.74. The van der Waals surface area contributed by atoms with Crippen LogP contribution in [-0.2, 0) is 0 Å². The maximum absolute atomic E-state index is 6.28. The molecule has 0 amide bonds. The van der Waals surface area contributed by atoms with Crippen LogP contribution in [0.15, 0.2) is 0 Å². The van der Waals surface area contributed by atoms with Crippen molar-refractivity contribution in [3.05, 3.63) is 0 Å². The standard InChI is InChI=1S/C13H27N/c1-5-7-11(10(2)3)13(4)9-6-8-12(13)14/h10-12H,5-9,14H2,1-4H3/t11?,12?,13-/m0/s1. The van der Waals surface area contributed by atoms with E-state index in [-0.39, 0.29) is 0 Å². The van der Waals surface area contributed by atoms with Crippen molar-refractivity contribution in [2.75, 3.05) is 0 Å². The van der Waals surface area contributed by atoms with Gasteiger partial charge in [-0.25, -0.2) is 0 Å². The van der Waals surface area contributed by atoms with Crippen molar-refractivity contribution in [1.82, 2.24) is 0 Å². The zero-order valence-electron chi connectivity index (χ0n) is 10.3. The van der Waals surface area contributed by atoms with Crippen LogP contribution >= 0.6 is 0 Å². The molecule has 0 spiro atoms. The van der Waals surface area contributed by atoms with Crippen molar-refractivity contribution < 1.29 is 0 Å². The number of hydrogen-bond donors (Lipinski definition) is 1. The summed E-state index contributed by atoms with van der Waals surface area (Å²) in [5.74, 6) is 1.61. The van der Waals surface area contributed by atoms with Gasteiger partial charge in [-0.2, -0.15) is 0 Å². The summed E-state index contributed by atoms with van der Waals surface area (Å²) in [6.45, 7) is 9.43. The summed E-state index contributed by atoms with van der Waals surface area (Å²) in [7, 11) is 0. The minimum absolute atomic E-state index is 0.421. The van der Waals surface area contributed by atoms with Crippen LogP contribution < -0.4 is 5.73 Å².